The number of aromatic nitrogens is 2. The average molecular weight is 335 g/mol. The molecule has 0 spiro atoms. The summed E-state index contributed by atoms with van der Waals surface area (Å²) in [5.41, 5.74) is 1.82. The van der Waals surface area contributed by atoms with Gasteiger partial charge in [-0.3, -0.25) is 10.3 Å². The largest absolute Gasteiger partial charge is 0.330 e. The lowest BCUT2D eigenvalue weighted by Crippen LogP contribution is -2.31. The first-order valence-corrected chi connectivity index (χ1v) is 6.96. The van der Waals surface area contributed by atoms with Crippen LogP contribution < -0.4 is 10.6 Å². The number of pyridine rings is 2. The highest BCUT2D eigenvalue weighted by atomic mass is 79.9. The van der Waals surface area contributed by atoms with Crippen molar-refractivity contribution in [3.05, 3.63) is 52.4 Å². The molecule has 2 aromatic heterocycles. The van der Waals surface area contributed by atoms with Crippen LogP contribution >= 0.6 is 15.9 Å². The van der Waals surface area contributed by atoms with Gasteiger partial charge in [-0.15, -0.1) is 0 Å². The molecule has 0 bridgehead atoms. The predicted molar refractivity (Wildman–Crippen MR) is 81.5 cm³/mol. The Labute approximate surface area is 126 Å². The van der Waals surface area contributed by atoms with Gasteiger partial charge in [-0.1, -0.05) is 6.07 Å². The molecule has 5 nitrogen and oxygen atoms in total. The van der Waals surface area contributed by atoms with Gasteiger partial charge >= 0.3 is 6.03 Å². The van der Waals surface area contributed by atoms with Crippen LogP contribution in [-0.4, -0.2) is 16.0 Å². The number of amides is 2. The number of hydrogen-bond acceptors (Lipinski definition) is 3. The predicted octanol–water partition coefficient (Wildman–Crippen LogP) is 3.43. The fraction of sp³-hybridized carbons (Fsp3) is 0.214. The fourth-order valence-corrected chi connectivity index (χ4v) is 2.23. The number of carbonyl (C=O) groups excluding carboxylic acids is 1. The summed E-state index contributed by atoms with van der Waals surface area (Å²) in [7, 11) is 0. The number of urea groups is 1. The van der Waals surface area contributed by atoms with Gasteiger partial charge in [0.25, 0.3) is 0 Å². The van der Waals surface area contributed by atoms with Crippen molar-refractivity contribution in [1.29, 1.82) is 0 Å². The minimum Gasteiger partial charge on any atom is -0.330 e. The maximum absolute atomic E-state index is 11.9. The molecule has 2 aromatic rings. The summed E-state index contributed by atoms with van der Waals surface area (Å²) < 4.78 is 0.748. The Balaban J connectivity index is 1.99. The molecular formula is C14H15BrN4O. The number of aryl methyl sites for hydroxylation is 1. The summed E-state index contributed by atoms with van der Waals surface area (Å²) in [6.45, 7) is 3.81. The van der Waals surface area contributed by atoms with Crippen LogP contribution in [0.15, 0.2) is 41.1 Å². The molecule has 6 heteroatoms. The number of anilines is 1. The number of rotatable bonds is 3. The van der Waals surface area contributed by atoms with E-state index < -0.39 is 0 Å². The Morgan fingerprint density at radius 2 is 2.15 bits per heavy atom. The molecule has 0 aliphatic carbocycles. The van der Waals surface area contributed by atoms with E-state index in [2.05, 4.69) is 36.5 Å². The molecule has 2 N–H and O–H groups in total. The van der Waals surface area contributed by atoms with Crippen molar-refractivity contribution >= 4 is 27.8 Å². The van der Waals surface area contributed by atoms with Gasteiger partial charge < -0.3 is 5.32 Å². The van der Waals surface area contributed by atoms with E-state index >= 15 is 0 Å². The van der Waals surface area contributed by atoms with E-state index in [1.165, 1.54) is 0 Å². The van der Waals surface area contributed by atoms with Crippen LogP contribution in [0.4, 0.5) is 10.6 Å². The Hall–Kier alpha value is -1.95. The lowest BCUT2D eigenvalue weighted by molar-refractivity contribution is 0.249. The van der Waals surface area contributed by atoms with Crippen LogP contribution in [0.5, 0.6) is 0 Å². The van der Waals surface area contributed by atoms with Crippen LogP contribution in [0.1, 0.15) is 24.2 Å². The molecule has 0 aliphatic rings. The van der Waals surface area contributed by atoms with Gasteiger partial charge in [-0.05, 0) is 53.5 Å². The number of nitrogens with one attached hydrogen (secondary N) is 2. The average Bonchev–Trinajstić information content (AvgIpc) is 2.43. The first-order valence-electron chi connectivity index (χ1n) is 6.17. The van der Waals surface area contributed by atoms with Crippen LogP contribution in [-0.2, 0) is 0 Å². The lowest BCUT2D eigenvalue weighted by atomic mass is 10.2. The first kappa shape index (κ1) is 14.5. The molecule has 1 unspecified atom stereocenters. The third kappa shape index (κ3) is 3.77. The second-order valence-corrected chi connectivity index (χ2v) is 5.27. The minimum absolute atomic E-state index is 0.180. The molecular weight excluding hydrogens is 320 g/mol. The van der Waals surface area contributed by atoms with Crippen molar-refractivity contribution in [3.63, 3.8) is 0 Å². The third-order valence-electron chi connectivity index (χ3n) is 2.69. The van der Waals surface area contributed by atoms with Crippen molar-refractivity contribution in [2.75, 3.05) is 5.32 Å². The summed E-state index contributed by atoms with van der Waals surface area (Å²) in [5.74, 6) is 0.487. The highest BCUT2D eigenvalue weighted by molar-refractivity contribution is 9.10. The smallest absolute Gasteiger partial charge is 0.320 e. The number of nitrogens with zero attached hydrogens (tertiary/aromatic N) is 2. The summed E-state index contributed by atoms with van der Waals surface area (Å²) in [6.07, 6.45) is 3.39. The summed E-state index contributed by atoms with van der Waals surface area (Å²) in [4.78, 5) is 20.3. The normalized spacial score (nSPS) is 11.8. The molecule has 2 rings (SSSR count). The summed E-state index contributed by atoms with van der Waals surface area (Å²) in [5, 5.41) is 5.52. The van der Waals surface area contributed by atoms with Crippen molar-refractivity contribution < 1.29 is 4.79 Å². The zero-order valence-corrected chi connectivity index (χ0v) is 12.8. The topological polar surface area (TPSA) is 66.9 Å². The molecule has 0 saturated heterocycles. The maximum atomic E-state index is 11.9. The van der Waals surface area contributed by atoms with Crippen LogP contribution in [0.3, 0.4) is 0 Å². The van der Waals surface area contributed by atoms with E-state index in [1.54, 1.807) is 12.4 Å². The molecule has 0 fully saturated rings. The van der Waals surface area contributed by atoms with E-state index in [9.17, 15) is 4.79 Å². The minimum atomic E-state index is -0.319. The zero-order chi connectivity index (χ0) is 14.5. The second-order valence-electron chi connectivity index (χ2n) is 4.42. The summed E-state index contributed by atoms with van der Waals surface area (Å²) >= 11 is 3.37. The van der Waals surface area contributed by atoms with Crippen LogP contribution in [0.25, 0.3) is 0 Å². The van der Waals surface area contributed by atoms with Gasteiger partial charge in [0.15, 0.2) is 0 Å². The Morgan fingerprint density at radius 3 is 2.80 bits per heavy atom. The Morgan fingerprint density at radius 1 is 1.35 bits per heavy atom. The monoisotopic (exact) mass is 334 g/mol. The Kier molecular flexibility index (Phi) is 4.68. The van der Waals surface area contributed by atoms with E-state index in [1.807, 2.05) is 38.1 Å². The van der Waals surface area contributed by atoms with Crippen LogP contribution in [0.2, 0.25) is 0 Å². The van der Waals surface area contributed by atoms with Gasteiger partial charge in [-0.25, -0.2) is 9.78 Å². The van der Waals surface area contributed by atoms with E-state index in [0.29, 0.717) is 5.82 Å². The Bertz CT molecular complexity index is 603. The van der Waals surface area contributed by atoms with Crippen molar-refractivity contribution in [2.24, 2.45) is 0 Å². The lowest BCUT2D eigenvalue weighted by Gasteiger charge is -2.14. The zero-order valence-electron chi connectivity index (χ0n) is 11.2. The van der Waals surface area contributed by atoms with E-state index in [-0.39, 0.29) is 12.1 Å². The quantitative estimate of drug-likeness (QED) is 0.903. The molecule has 1 atom stereocenters. The number of carbonyl (C=O) groups is 1. The fourth-order valence-electron chi connectivity index (χ4n) is 1.67. The molecule has 0 aromatic carbocycles. The molecule has 2 amide bonds. The van der Waals surface area contributed by atoms with Gasteiger partial charge in [0, 0.05) is 12.4 Å². The highest BCUT2D eigenvalue weighted by Gasteiger charge is 2.12. The number of hydrogen-bond donors (Lipinski definition) is 2. The summed E-state index contributed by atoms with van der Waals surface area (Å²) in [6, 6.07) is 6.98. The van der Waals surface area contributed by atoms with Crippen molar-refractivity contribution in [2.45, 2.75) is 19.9 Å². The maximum Gasteiger partial charge on any atom is 0.320 e. The van der Waals surface area contributed by atoms with Gasteiger partial charge in [0.05, 0.1) is 16.2 Å². The molecule has 104 valence electrons. The van der Waals surface area contributed by atoms with Crippen molar-refractivity contribution in [1.82, 2.24) is 15.3 Å². The SMILES string of the molecule is Cc1cnc(NC(=O)NC(C)c2ccccn2)c(Br)c1. The molecule has 0 saturated carbocycles. The standard InChI is InChI=1S/C14H15BrN4O/c1-9-7-11(15)13(17-8-9)19-14(20)18-10(2)12-5-3-4-6-16-12/h3-8,10H,1-2H3,(H2,17,18,19,20). The van der Waals surface area contributed by atoms with Crippen molar-refractivity contribution in [3.8, 4) is 0 Å². The van der Waals surface area contributed by atoms with Gasteiger partial charge in [-0.2, -0.15) is 0 Å². The molecule has 0 radical (unpaired) electrons. The van der Waals surface area contributed by atoms with E-state index in [4.69, 9.17) is 0 Å². The molecule has 0 aliphatic heterocycles. The number of halogens is 1. The van der Waals surface area contributed by atoms with E-state index in [0.717, 1.165) is 15.7 Å². The highest BCUT2D eigenvalue weighted by Crippen LogP contribution is 2.20. The van der Waals surface area contributed by atoms with Gasteiger partial charge in [0.1, 0.15) is 5.82 Å². The van der Waals surface area contributed by atoms with Crippen LogP contribution in [0, 0.1) is 6.92 Å². The first-order chi connectivity index (χ1) is 9.56. The second kappa shape index (κ2) is 6.47. The molecule has 2 heterocycles. The molecule has 20 heavy (non-hydrogen) atoms. The van der Waals surface area contributed by atoms with Gasteiger partial charge in [0.2, 0.25) is 0 Å². The third-order valence-corrected chi connectivity index (χ3v) is 3.29.